The number of aryl methyl sites for hydroxylation is 1. The summed E-state index contributed by atoms with van der Waals surface area (Å²) in [5.74, 6) is -0.931. The Labute approximate surface area is 173 Å². The van der Waals surface area contributed by atoms with Gasteiger partial charge in [0, 0.05) is 17.1 Å². The van der Waals surface area contributed by atoms with Gasteiger partial charge in [-0.2, -0.15) is 0 Å². The van der Waals surface area contributed by atoms with E-state index in [9.17, 15) is 14.0 Å². The summed E-state index contributed by atoms with van der Waals surface area (Å²) in [6, 6.07) is 7.32. The third kappa shape index (κ3) is 3.82. The maximum Gasteiger partial charge on any atom is 0.354 e. The predicted molar refractivity (Wildman–Crippen MR) is 107 cm³/mol. The third-order valence-corrected chi connectivity index (χ3v) is 4.91. The molecule has 3 heterocycles. The zero-order chi connectivity index (χ0) is 21.3. The van der Waals surface area contributed by atoms with Crippen LogP contribution in [0.4, 0.5) is 9.52 Å². The second-order valence-corrected chi connectivity index (χ2v) is 7.01. The highest BCUT2D eigenvalue weighted by Crippen LogP contribution is 2.26. The van der Waals surface area contributed by atoms with Gasteiger partial charge in [0.15, 0.2) is 5.13 Å². The molecule has 11 heteroatoms. The first-order valence-electron chi connectivity index (χ1n) is 8.68. The number of H-pyrrole nitrogens is 1. The van der Waals surface area contributed by atoms with Gasteiger partial charge in [0.1, 0.15) is 17.3 Å². The topological polar surface area (TPSA) is 115 Å². The van der Waals surface area contributed by atoms with E-state index in [1.54, 1.807) is 36.7 Å². The Bertz CT molecular complexity index is 1230. The lowest BCUT2D eigenvalue weighted by Crippen LogP contribution is -2.14. The highest BCUT2D eigenvalue weighted by Gasteiger charge is 2.18. The number of hydrogen-bond acceptors (Lipinski definition) is 7. The lowest BCUT2D eigenvalue weighted by Gasteiger charge is -2.01. The number of anilines is 1. The summed E-state index contributed by atoms with van der Waals surface area (Å²) in [7, 11) is 1.30. The minimum absolute atomic E-state index is 0.0387. The fraction of sp³-hybridized carbons (Fsp3) is 0.105. The molecular weight excluding hydrogens is 411 g/mol. The number of amides is 1. The molecule has 0 saturated carbocycles. The summed E-state index contributed by atoms with van der Waals surface area (Å²) >= 11 is 1.22. The normalized spacial score (nSPS) is 10.8. The largest absolute Gasteiger partial charge is 0.464 e. The van der Waals surface area contributed by atoms with E-state index >= 15 is 0 Å². The number of halogens is 1. The molecule has 4 rings (SSSR count). The SMILES string of the molecule is COC(=O)c1cc(-c2csc(NC(=O)c3nc(C)n(-c4ccc(F)cc4)n3)n2)c[nH]1. The Morgan fingerprint density at radius 1 is 1.23 bits per heavy atom. The van der Waals surface area contributed by atoms with E-state index in [-0.39, 0.29) is 11.6 Å². The molecule has 152 valence electrons. The Hall–Kier alpha value is -3.86. The number of carbonyl (C=O) groups is 2. The predicted octanol–water partition coefficient (Wildman–Crippen LogP) is 3.21. The highest BCUT2D eigenvalue weighted by molar-refractivity contribution is 7.14. The van der Waals surface area contributed by atoms with E-state index in [2.05, 4.69) is 30.1 Å². The monoisotopic (exact) mass is 426 g/mol. The molecule has 0 aliphatic heterocycles. The van der Waals surface area contributed by atoms with Crippen LogP contribution in [0.25, 0.3) is 16.9 Å². The van der Waals surface area contributed by atoms with Gasteiger partial charge in [-0.05, 0) is 37.3 Å². The van der Waals surface area contributed by atoms with Crippen LogP contribution in [-0.2, 0) is 4.74 Å². The minimum atomic E-state index is -0.524. The Morgan fingerprint density at radius 2 is 2.00 bits per heavy atom. The highest BCUT2D eigenvalue weighted by atomic mass is 32.1. The van der Waals surface area contributed by atoms with Crippen molar-refractivity contribution >= 4 is 28.3 Å². The molecule has 30 heavy (non-hydrogen) atoms. The number of rotatable bonds is 5. The van der Waals surface area contributed by atoms with E-state index in [4.69, 9.17) is 0 Å². The number of aromatic nitrogens is 5. The fourth-order valence-electron chi connectivity index (χ4n) is 2.70. The molecule has 1 amide bonds. The first-order chi connectivity index (χ1) is 14.4. The van der Waals surface area contributed by atoms with Crippen molar-refractivity contribution in [3.63, 3.8) is 0 Å². The van der Waals surface area contributed by atoms with Gasteiger partial charge in [0.25, 0.3) is 5.91 Å². The lowest BCUT2D eigenvalue weighted by atomic mass is 10.2. The summed E-state index contributed by atoms with van der Waals surface area (Å²) < 4.78 is 19.2. The molecule has 1 aromatic carbocycles. The van der Waals surface area contributed by atoms with Gasteiger partial charge in [-0.15, -0.1) is 16.4 Å². The number of hydrogen-bond donors (Lipinski definition) is 2. The first-order valence-corrected chi connectivity index (χ1v) is 9.56. The van der Waals surface area contributed by atoms with Crippen molar-refractivity contribution in [1.82, 2.24) is 24.7 Å². The van der Waals surface area contributed by atoms with Crippen molar-refractivity contribution in [3.8, 4) is 16.9 Å². The van der Waals surface area contributed by atoms with E-state index in [1.807, 2.05) is 0 Å². The number of nitrogens with one attached hydrogen (secondary N) is 2. The van der Waals surface area contributed by atoms with Gasteiger partial charge in [-0.3, -0.25) is 10.1 Å². The first kappa shape index (κ1) is 19.5. The van der Waals surface area contributed by atoms with Crippen LogP contribution in [0.1, 0.15) is 26.9 Å². The molecule has 9 nitrogen and oxygen atoms in total. The molecule has 3 aromatic heterocycles. The van der Waals surface area contributed by atoms with Crippen molar-refractivity contribution in [2.24, 2.45) is 0 Å². The molecule has 0 radical (unpaired) electrons. The smallest absolute Gasteiger partial charge is 0.354 e. The maximum absolute atomic E-state index is 13.1. The lowest BCUT2D eigenvalue weighted by molar-refractivity contribution is 0.0594. The van der Waals surface area contributed by atoms with Crippen molar-refractivity contribution in [3.05, 3.63) is 65.1 Å². The van der Waals surface area contributed by atoms with Crippen LogP contribution in [-0.4, -0.2) is 43.7 Å². The number of aromatic amines is 1. The second-order valence-electron chi connectivity index (χ2n) is 6.16. The number of benzene rings is 1. The summed E-state index contributed by atoms with van der Waals surface area (Å²) in [5, 5.41) is 8.95. The Kier molecular flexibility index (Phi) is 5.11. The summed E-state index contributed by atoms with van der Waals surface area (Å²) in [4.78, 5) is 35.4. The average molecular weight is 426 g/mol. The third-order valence-electron chi connectivity index (χ3n) is 4.15. The van der Waals surface area contributed by atoms with Gasteiger partial charge < -0.3 is 9.72 Å². The molecule has 0 unspecified atom stereocenters. The van der Waals surface area contributed by atoms with Crippen LogP contribution >= 0.6 is 11.3 Å². The Balaban J connectivity index is 1.50. The molecule has 0 spiro atoms. The Morgan fingerprint density at radius 3 is 2.73 bits per heavy atom. The standard InChI is InChI=1S/C19H15FN6O3S/c1-10-22-16(25-26(10)13-5-3-12(20)4-6-13)17(27)24-19-23-15(9-30-19)11-7-14(21-8-11)18(28)29-2/h3-9,21H,1-2H3,(H,23,24,27). The van der Waals surface area contributed by atoms with Crippen molar-refractivity contribution < 1.29 is 18.7 Å². The fourth-order valence-corrected chi connectivity index (χ4v) is 3.41. The maximum atomic E-state index is 13.1. The average Bonchev–Trinajstić information content (AvgIpc) is 3.47. The van der Waals surface area contributed by atoms with E-state index in [0.717, 1.165) is 0 Å². The van der Waals surface area contributed by atoms with Gasteiger partial charge in [0.2, 0.25) is 5.82 Å². The number of thiazole rings is 1. The van der Waals surface area contributed by atoms with Gasteiger partial charge >= 0.3 is 5.97 Å². The van der Waals surface area contributed by atoms with Crippen LogP contribution < -0.4 is 5.32 Å². The van der Waals surface area contributed by atoms with Crippen LogP contribution in [0.5, 0.6) is 0 Å². The van der Waals surface area contributed by atoms with Gasteiger partial charge in [0.05, 0.1) is 18.5 Å². The number of esters is 1. The van der Waals surface area contributed by atoms with Crippen LogP contribution in [0.15, 0.2) is 41.9 Å². The quantitative estimate of drug-likeness (QED) is 0.474. The summed E-state index contributed by atoms with van der Waals surface area (Å²) in [6.45, 7) is 1.69. The van der Waals surface area contributed by atoms with E-state index < -0.39 is 11.9 Å². The molecule has 4 aromatic rings. The molecule has 2 N–H and O–H groups in total. The van der Waals surface area contributed by atoms with Crippen molar-refractivity contribution in [2.45, 2.75) is 6.92 Å². The summed E-state index contributed by atoms with van der Waals surface area (Å²) in [6.07, 6.45) is 1.63. The number of nitrogens with zero attached hydrogens (tertiary/aromatic N) is 4. The summed E-state index contributed by atoms with van der Waals surface area (Å²) in [5.41, 5.74) is 2.16. The molecule has 0 bridgehead atoms. The molecule has 0 aliphatic rings. The van der Waals surface area contributed by atoms with Gasteiger partial charge in [-0.1, -0.05) is 0 Å². The van der Waals surface area contributed by atoms with E-state index in [0.29, 0.717) is 33.6 Å². The molecule has 0 fully saturated rings. The van der Waals surface area contributed by atoms with Crippen LogP contribution in [0.2, 0.25) is 0 Å². The van der Waals surface area contributed by atoms with E-state index in [1.165, 1.54) is 35.3 Å². The molecule has 0 atom stereocenters. The van der Waals surface area contributed by atoms with Crippen molar-refractivity contribution in [2.75, 3.05) is 12.4 Å². The molecule has 0 saturated heterocycles. The minimum Gasteiger partial charge on any atom is -0.464 e. The zero-order valence-electron chi connectivity index (χ0n) is 15.8. The van der Waals surface area contributed by atoms with Crippen LogP contribution in [0.3, 0.4) is 0 Å². The molecular formula is C19H15FN6O3S. The number of methoxy groups -OCH3 is 1. The van der Waals surface area contributed by atoms with Gasteiger partial charge in [-0.25, -0.2) is 23.8 Å². The van der Waals surface area contributed by atoms with Crippen molar-refractivity contribution in [1.29, 1.82) is 0 Å². The zero-order valence-corrected chi connectivity index (χ0v) is 16.7. The number of ether oxygens (including phenoxy) is 1. The van der Waals surface area contributed by atoms with Crippen LogP contribution in [0, 0.1) is 12.7 Å². The number of carbonyl (C=O) groups excluding carboxylic acids is 2. The second kappa shape index (κ2) is 7.87. The molecule has 0 aliphatic carbocycles.